The Hall–Kier alpha value is -2.64. The van der Waals surface area contributed by atoms with Gasteiger partial charge in [-0.3, -0.25) is 14.3 Å². The number of amides is 1. The fourth-order valence-electron chi connectivity index (χ4n) is 2.40. The quantitative estimate of drug-likeness (QED) is 0.723. The highest BCUT2D eigenvalue weighted by Crippen LogP contribution is 2.20. The van der Waals surface area contributed by atoms with Crippen LogP contribution in [0.5, 0.6) is 0 Å². The summed E-state index contributed by atoms with van der Waals surface area (Å²) in [5.41, 5.74) is 0.630. The monoisotopic (exact) mass is 391 g/mol. The maximum atomic E-state index is 12.3. The van der Waals surface area contributed by atoms with Crippen LogP contribution >= 0.6 is 23.2 Å². The number of nitrogens with one attached hydrogen (secondary N) is 1. The van der Waals surface area contributed by atoms with Crippen molar-refractivity contribution in [2.75, 3.05) is 6.54 Å². The van der Waals surface area contributed by atoms with Crippen molar-refractivity contribution in [2.24, 2.45) is 7.05 Å². The molecule has 0 radical (unpaired) electrons. The predicted molar refractivity (Wildman–Crippen MR) is 99.5 cm³/mol. The molecule has 0 fully saturated rings. The van der Waals surface area contributed by atoms with Crippen molar-refractivity contribution >= 4 is 29.1 Å². The number of carbonyl (C=O) groups is 1. The molecule has 2 aromatic heterocycles. The van der Waals surface area contributed by atoms with Gasteiger partial charge in [-0.25, -0.2) is 9.48 Å². The molecule has 1 N–H and O–H groups in total. The smallest absolute Gasteiger partial charge is 0.346 e. The average Bonchev–Trinajstić information content (AvgIpc) is 2.91. The number of nitrogens with zero attached hydrogens (tertiary/aromatic N) is 4. The van der Waals surface area contributed by atoms with Crippen LogP contribution in [0.1, 0.15) is 10.4 Å². The zero-order chi connectivity index (χ0) is 18.7. The van der Waals surface area contributed by atoms with E-state index in [1.165, 1.54) is 15.3 Å². The molecule has 0 atom stereocenters. The summed E-state index contributed by atoms with van der Waals surface area (Å²) in [5, 5.41) is 7.72. The van der Waals surface area contributed by atoms with E-state index in [2.05, 4.69) is 15.4 Å². The van der Waals surface area contributed by atoms with Gasteiger partial charge in [0.15, 0.2) is 5.82 Å². The van der Waals surface area contributed by atoms with Gasteiger partial charge < -0.3 is 5.32 Å². The Morgan fingerprint density at radius 1 is 1.23 bits per heavy atom. The molecule has 0 unspecified atom stereocenters. The first kappa shape index (κ1) is 18.2. The Morgan fingerprint density at radius 3 is 2.73 bits per heavy atom. The topological polar surface area (TPSA) is 81.8 Å². The first-order valence-electron chi connectivity index (χ1n) is 7.76. The Balaban J connectivity index is 1.69. The van der Waals surface area contributed by atoms with Crippen LogP contribution in [-0.2, 0) is 13.6 Å². The number of hydrogen-bond donors (Lipinski definition) is 1. The maximum Gasteiger partial charge on any atom is 0.346 e. The van der Waals surface area contributed by atoms with Crippen LogP contribution < -0.4 is 11.0 Å². The summed E-state index contributed by atoms with van der Waals surface area (Å²) in [5.74, 6) is 0.114. The van der Waals surface area contributed by atoms with Gasteiger partial charge in [-0.1, -0.05) is 29.3 Å². The molecular formula is C17H15Cl2N5O2. The van der Waals surface area contributed by atoms with Crippen LogP contribution in [0.2, 0.25) is 10.0 Å². The third-order valence-corrected chi connectivity index (χ3v) is 4.27. The van der Waals surface area contributed by atoms with E-state index in [0.29, 0.717) is 22.1 Å². The Kier molecular flexibility index (Phi) is 5.39. The third kappa shape index (κ3) is 3.79. The molecule has 0 bridgehead atoms. The highest BCUT2D eigenvalue weighted by atomic mass is 35.5. The number of benzene rings is 1. The molecule has 1 aromatic carbocycles. The molecule has 0 saturated heterocycles. The Labute approximate surface area is 159 Å². The van der Waals surface area contributed by atoms with Crippen LogP contribution in [0.3, 0.4) is 0 Å². The molecule has 2 heterocycles. The van der Waals surface area contributed by atoms with Crippen molar-refractivity contribution in [3.05, 3.63) is 68.7 Å². The summed E-state index contributed by atoms with van der Waals surface area (Å²) in [6.45, 7) is 0.437. The molecule has 0 aliphatic rings. The molecular weight excluding hydrogens is 377 g/mol. The fraction of sp³-hybridized carbons (Fsp3) is 0.176. The van der Waals surface area contributed by atoms with Gasteiger partial charge in [-0.15, -0.1) is 5.10 Å². The minimum atomic E-state index is -0.347. The molecule has 26 heavy (non-hydrogen) atoms. The van der Waals surface area contributed by atoms with Crippen molar-refractivity contribution in [2.45, 2.75) is 6.54 Å². The van der Waals surface area contributed by atoms with E-state index in [-0.39, 0.29) is 29.7 Å². The number of aromatic nitrogens is 4. The zero-order valence-electron chi connectivity index (χ0n) is 13.8. The number of pyridine rings is 1. The lowest BCUT2D eigenvalue weighted by atomic mass is 10.2. The summed E-state index contributed by atoms with van der Waals surface area (Å²) in [6, 6.07) is 10.0. The molecule has 3 rings (SSSR count). The van der Waals surface area contributed by atoms with Crippen molar-refractivity contribution in [1.29, 1.82) is 0 Å². The highest BCUT2D eigenvalue weighted by Gasteiger charge is 2.14. The van der Waals surface area contributed by atoms with Gasteiger partial charge in [0.25, 0.3) is 5.91 Å². The highest BCUT2D eigenvalue weighted by molar-refractivity contribution is 6.36. The van der Waals surface area contributed by atoms with E-state index in [1.807, 2.05) is 6.07 Å². The van der Waals surface area contributed by atoms with Gasteiger partial charge in [0.05, 0.1) is 17.1 Å². The van der Waals surface area contributed by atoms with E-state index in [4.69, 9.17) is 23.2 Å². The average molecular weight is 392 g/mol. The van der Waals surface area contributed by atoms with E-state index in [0.717, 1.165) is 0 Å². The van der Waals surface area contributed by atoms with Crippen LogP contribution in [0.25, 0.3) is 11.5 Å². The maximum absolute atomic E-state index is 12.3. The van der Waals surface area contributed by atoms with E-state index >= 15 is 0 Å². The summed E-state index contributed by atoms with van der Waals surface area (Å²) in [6.07, 6.45) is 1.63. The van der Waals surface area contributed by atoms with Gasteiger partial charge in [-0.2, -0.15) is 0 Å². The van der Waals surface area contributed by atoms with E-state index in [1.54, 1.807) is 37.5 Å². The molecule has 3 aromatic rings. The second-order valence-corrected chi connectivity index (χ2v) is 6.33. The second-order valence-electron chi connectivity index (χ2n) is 5.48. The van der Waals surface area contributed by atoms with Crippen molar-refractivity contribution < 1.29 is 4.79 Å². The first-order valence-corrected chi connectivity index (χ1v) is 8.51. The third-order valence-electron chi connectivity index (χ3n) is 3.72. The van der Waals surface area contributed by atoms with Crippen molar-refractivity contribution in [1.82, 2.24) is 24.6 Å². The van der Waals surface area contributed by atoms with Crippen LogP contribution in [0.4, 0.5) is 0 Å². The summed E-state index contributed by atoms with van der Waals surface area (Å²) in [4.78, 5) is 28.7. The Morgan fingerprint density at radius 2 is 2.04 bits per heavy atom. The largest absolute Gasteiger partial charge is 0.350 e. The van der Waals surface area contributed by atoms with E-state index in [9.17, 15) is 9.59 Å². The van der Waals surface area contributed by atoms with Gasteiger partial charge in [0.1, 0.15) is 5.69 Å². The van der Waals surface area contributed by atoms with E-state index < -0.39 is 0 Å². The summed E-state index contributed by atoms with van der Waals surface area (Å²) in [7, 11) is 1.63. The van der Waals surface area contributed by atoms with Gasteiger partial charge >= 0.3 is 5.69 Å². The summed E-state index contributed by atoms with van der Waals surface area (Å²) < 4.78 is 2.70. The first-order chi connectivity index (χ1) is 12.5. The zero-order valence-corrected chi connectivity index (χ0v) is 15.3. The van der Waals surface area contributed by atoms with Crippen molar-refractivity contribution in [3.63, 3.8) is 0 Å². The fourth-order valence-corrected chi connectivity index (χ4v) is 2.89. The minimum Gasteiger partial charge on any atom is -0.350 e. The van der Waals surface area contributed by atoms with Gasteiger partial charge in [-0.05, 0) is 30.3 Å². The lowest BCUT2D eigenvalue weighted by Crippen LogP contribution is -2.31. The second kappa shape index (κ2) is 7.72. The number of halogens is 2. The molecule has 134 valence electrons. The summed E-state index contributed by atoms with van der Waals surface area (Å²) >= 11 is 11.8. The molecule has 7 nitrogen and oxygen atoms in total. The van der Waals surface area contributed by atoms with Crippen LogP contribution in [0, 0.1) is 0 Å². The SMILES string of the molecule is Cn1c(-c2ccccn2)nn(CCNC(=O)c2ccc(Cl)cc2Cl)c1=O. The molecule has 0 aliphatic carbocycles. The van der Waals surface area contributed by atoms with Crippen LogP contribution in [0.15, 0.2) is 47.4 Å². The standard InChI is InChI=1S/C17H15Cl2N5O2/c1-23-15(14-4-2-3-7-20-14)22-24(17(23)26)9-8-21-16(25)12-6-5-11(18)10-13(12)19/h2-7,10H,8-9H2,1H3,(H,21,25). The molecule has 9 heteroatoms. The lowest BCUT2D eigenvalue weighted by Gasteiger charge is -2.06. The predicted octanol–water partition coefficient (Wildman–Crippen LogP) is 2.38. The Bertz CT molecular complexity index is 998. The number of hydrogen-bond acceptors (Lipinski definition) is 4. The molecule has 0 saturated carbocycles. The lowest BCUT2D eigenvalue weighted by molar-refractivity contribution is 0.0952. The number of carbonyl (C=O) groups excluding carboxylic acids is 1. The molecule has 0 spiro atoms. The molecule has 1 amide bonds. The normalized spacial score (nSPS) is 10.7. The van der Waals surface area contributed by atoms with Gasteiger partial charge in [0, 0.05) is 24.8 Å². The number of rotatable bonds is 5. The van der Waals surface area contributed by atoms with Crippen LogP contribution in [-0.4, -0.2) is 31.8 Å². The minimum absolute atomic E-state index is 0.219. The van der Waals surface area contributed by atoms with Gasteiger partial charge in [0.2, 0.25) is 0 Å². The molecule has 0 aliphatic heterocycles. The van der Waals surface area contributed by atoms with Crippen molar-refractivity contribution in [3.8, 4) is 11.5 Å².